The zero-order valence-electron chi connectivity index (χ0n) is 27.5. The second kappa shape index (κ2) is 18.0. The molecule has 11 heteroatoms. The first-order valence-corrected chi connectivity index (χ1v) is 15.6. The highest BCUT2D eigenvalue weighted by Crippen LogP contribution is 2.28. The molecule has 0 spiro atoms. The summed E-state index contributed by atoms with van der Waals surface area (Å²) < 4.78 is 12.6. The predicted molar refractivity (Wildman–Crippen MR) is 170 cm³/mol. The molecule has 4 amide bonds. The van der Waals surface area contributed by atoms with Crippen molar-refractivity contribution < 1.29 is 29.0 Å². The fourth-order valence-corrected chi connectivity index (χ4v) is 5.00. The van der Waals surface area contributed by atoms with Crippen LogP contribution in [0.1, 0.15) is 77.1 Å². The molecule has 1 aliphatic rings. The van der Waals surface area contributed by atoms with Gasteiger partial charge in [0.25, 0.3) is 5.91 Å². The largest absolute Gasteiger partial charge is 0.490 e. The van der Waals surface area contributed by atoms with Crippen LogP contribution >= 0.6 is 0 Å². The Morgan fingerprint density at radius 2 is 1.86 bits per heavy atom. The standard InChI is InChI=1S/C32H55N5O6/c1-22(2)33-32(41)34-26-14-15-28-27(18-26)31(40)37(24(4)21-38)19-23(3)29(42-17-10-9-12-25(5)43-28)20-36(8)30(39)13-11-16-35(6)7/h14-15,18,22-25,29,38H,9-13,16-17,19-21H2,1-8H3,(H2,33,34,41)/t23-,24+,25+,29+/m1/s1. The van der Waals surface area contributed by atoms with E-state index in [4.69, 9.17) is 9.47 Å². The second-order valence-corrected chi connectivity index (χ2v) is 12.4. The van der Waals surface area contributed by atoms with Gasteiger partial charge >= 0.3 is 6.03 Å². The topological polar surface area (TPSA) is 124 Å². The smallest absolute Gasteiger partial charge is 0.319 e. The van der Waals surface area contributed by atoms with Crippen LogP contribution in [0.15, 0.2) is 18.2 Å². The van der Waals surface area contributed by atoms with Gasteiger partial charge in [-0.1, -0.05) is 6.92 Å². The number of ether oxygens (including phenoxy) is 2. The van der Waals surface area contributed by atoms with Gasteiger partial charge in [0.05, 0.1) is 30.4 Å². The monoisotopic (exact) mass is 605 g/mol. The average molecular weight is 606 g/mol. The number of aliphatic hydroxyl groups is 1. The number of carbonyl (C=O) groups excluding carboxylic acids is 3. The molecule has 1 aromatic rings. The Morgan fingerprint density at radius 3 is 2.51 bits per heavy atom. The van der Waals surface area contributed by atoms with E-state index in [9.17, 15) is 19.5 Å². The fraction of sp³-hybridized carbons (Fsp3) is 0.719. The molecule has 3 N–H and O–H groups in total. The van der Waals surface area contributed by atoms with E-state index in [-0.39, 0.29) is 48.6 Å². The molecule has 43 heavy (non-hydrogen) atoms. The number of hydrogen-bond acceptors (Lipinski definition) is 7. The van der Waals surface area contributed by atoms with E-state index in [1.807, 2.05) is 41.8 Å². The summed E-state index contributed by atoms with van der Waals surface area (Å²) in [6, 6.07) is 4.17. The van der Waals surface area contributed by atoms with E-state index in [0.717, 1.165) is 32.2 Å². The maximum absolute atomic E-state index is 14.2. The molecule has 0 saturated carbocycles. The minimum atomic E-state index is -0.486. The van der Waals surface area contributed by atoms with Crippen molar-refractivity contribution in [1.29, 1.82) is 0 Å². The van der Waals surface area contributed by atoms with E-state index in [1.165, 1.54) is 0 Å². The molecule has 0 fully saturated rings. The molecule has 0 bridgehead atoms. The Hall–Kier alpha value is -2.89. The molecule has 0 aliphatic carbocycles. The third-order valence-corrected chi connectivity index (χ3v) is 7.60. The molecular formula is C32H55N5O6. The number of hydrogen-bond donors (Lipinski definition) is 3. The Bertz CT molecular complexity index is 1040. The van der Waals surface area contributed by atoms with Crippen LogP contribution in [-0.2, 0) is 9.53 Å². The average Bonchev–Trinajstić information content (AvgIpc) is 2.93. The third kappa shape index (κ3) is 12.3. The summed E-state index contributed by atoms with van der Waals surface area (Å²) >= 11 is 0. The zero-order chi connectivity index (χ0) is 32.1. The lowest BCUT2D eigenvalue weighted by Gasteiger charge is -2.36. The van der Waals surface area contributed by atoms with E-state index in [2.05, 4.69) is 15.5 Å². The van der Waals surface area contributed by atoms with E-state index in [0.29, 0.717) is 43.1 Å². The van der Waals surface area contributed by atoms with Gasteiger partial charge in [0.2, 0.25) is 5.91 Å². The molecule has 2 rings (SSSR count). The van der Waals surface area contributed by atoms with E-state index in [1.54, 1.807) is 42.0 Å². The normalized spacial score (nSPS) is 21.0. The summed E-state index contributed by atoms with van der Waals surface area (Å²) in [7, 11) is 5.79. The van der Waals surface area contributed by atoms with Crippen LogP contribution in [0, 0.1) is 5.92 Å². The maximum atomic E-state index is 14.2. The number of aliphatic hydroxyl groups excluding tert-OH is 1. The van der Waals surface area contributed by atoms with Crippen molar-refractivity contribution in [2.75, 3.05) is 59.3 Å². The van der Waals surface area contributed by atoms with Crippen molar-refractivity contribution >= 4 is 23.5 Å². The molecule has 0 saturated heterocycles. The number of carbonyl (C=O) groups is 3. The van der Waals surface area contributed by atoms with Gasteiger partial charge in [0.1, 0.15) is 5.75 Å². The molecule has 1 aliphatic heterocycles. The Morgan fingerprint density at radius 1 is 1.14 bits per heavy atom. The van der Waals surface area contributed by atoms with Crippen molar-refractivity contribution in [2.24, 2.45) is 5.92 Å². The Labute approximate surface area is 258 Å². The number of amides is 4. The van der Waals surface area contributed by atoms with Crippen molar-refractivity contribution in [1.82, 2.24) is 20.0 Å². The first kappa shape index (κ1) is 36.3. The van der Waals surface area contributed by atoms with Crippen LogP contribution in [0.3, 0.4) is 0 Å². The van der Waals surface area contributed by atoms with Crippen molar-refractivity contribution in [2.45, 2.75) is 91.0 Å². The lowest BCUT2D eigenvalue weighted by atomic mass is 10.0. The van der Waals surface area contributed by atoms with Gasteiger partial charge in [0, 0.05) is 50.8 Å². The second-order valence-electron chi connectivity index (χ2n) is 12.4. The highest BCUT2D eigenvalue weighted by atomic mass is 16.5. The number of rotatable bonds is 10. The molecule has 4 atom stereocenters. The minimum Gasteiger partial charge on any atom is -0.490 e. The van der Waals surface area contributed by atoms with E-state index < -0.39 is 6.04 Å². The van der Waals surface area contributed by atoms with Crippen molar-refractivity contribution in [3.8, 4) is 5.75 Å². The molecule has 0 radical (unpaired) electrons. The first-order valence-electron chi connectivity index (χ1n) is 15.6. The zero-order valence-corrected chi connectivity index (χ0v) is 27.5. The van der Waals surface area contributed by atoms with Gasteiger partial charge in [0.15, 0.2) is 0 Å². The lowest BCUT2D eigenvalue weighted by Crippen LogP contribution is -2.48. The number of nitrogens with zero attached hydrogens (tertiary/aromatic N) is 3. The number of urea groups is 1. The minimum absolute atomic E-state index is 0.0481. The summed E-state index contributed by atoms with van der Waals surface area (Å²) in [5, 5.41) is 15.7. The number of fused-ring (bicyclic) bond motifs is 1. The van der Waals surface area contributed by atoms with Gasteiger partial charge in [-0.3, -0.25) is 9.59 Å². The summed E-state index contributed by atoms with van der Waals surface area (Å²) in [6.45, 7) is 11.4. The Balaban J connectivity index is 2.38. The Kier molecular flexibility index (Phi) is 15.2. The predicted octanol–water partition coefficient (Wildman–Crippen LogP) is 3.81. The quantitative estimate of drug-likeness (QED) is 0.371. The van der Waals surface area contributed by atoms with Gasteiger partial charge in [-0.15, -0.1) is 0 Å². The molecule has 0 unspecified atom stereocenters. The van der Waals surface area contributed by atoms with Crippen LogP contribution in [0.5, 0.6) is 5.75 Å². The fourth-order valence-electron chi connectivity index (χ4n) is 5.00. The SMILES string of the molecule is CC(C)NC(=O)Nc1ccc2c(c1)C(=O)N([C@@H](C)CO)C[C@@H](C)[C@H](CN(C)C(=O)CCCN(C)C)OCCCC[C@H](C)O2. The van der Waals surface area contributed by atoms with Gasteiger partial charge in [-0.05, 0) is 92.2 Å². The molecular weight excluding hydrogens is 550 g/mol. The van der Waals surface area contributed by atoms with Crippen LogP contribution in [0.25, 0.3) is 0 Å². The van der Waals surface area contributed by atoms with Crippen LogP contribution < -0.4 is 15.4 Å². The van der Waals surface area contributed by atoms with Crippen molar-refractivity contribution in [3.05, 3.63) is 23.8 Å². The number of nitrogens with one attached hydrogen (secondary N) is 2. The summed E-state index contributed by atoms with van der Waals surface area (Å²) in [5.41, 5.74) is 0.771. The molecule has 1 heterocycles. The van der Waals surface area contributed by atoms with Crippen molar-refractivity contribution in [3.63, 3.8) is 0 Å². The van der Waals surface area contributed by atoms with Gasteiger partial charge < -0.3 is 39.9 Å². The van der Waals surface area contributed by atoms with Crippen LogP contribution in [0.2, 0.25) is 0 Å². The highest BCUT2D eigenvalue weighted by molar-refractivity contribution is 5.99. The molecule has 1 aromatic carbocycles. The van der Waals surface area contributed by atoms with Gasteiger partial charge in [-0.25, -0.2) is 4.79 Å². The first-order chi connectivity index (χ1) is 20.3. The molecule has 0 aromatic heterocycles. The number of anilines is 1. The summed E-state index contributed by atoms with van der Waals surface area (Å²) in [5.74, 6) is 0.0462. The van der Waals surface area contributed by atoms with Crippen LogP contribution in [0.4, 0.5) is 10.5 Å². The van der Waals surface area contributed by atoms with Crippen LogP contribution in [-0.4, -0.2) is 116 Å². The highest BCUT2D eigenvalue weighted by Gasteiger charge is 2.31. The van der Waals surface area contributed by atoms with E-state index >= 15 is 0 Å². The lowest BCUT2D eigenvalue weighted by molar-refractivity contribution is -0.132. The summed E-state index contributed by atoms with van der Waals surface area (Å²) in [6.07, 6.45) is 3.29. The molecule has 11 nitrogen and oxygen atoms in total. The molecule has 244 valence electrons. The summed E-state index contributed by atoms with van der Waals surface area (Å²) in [4.78, 5) is 44.9. The maximum Gasteiger partial charge on any atom is 0.319 e. The number of likely N-dealkylation sites (N-methyl/N-ethyl adjacent to an activating group) is 1. The third-order valence-electron chi connectivity index (χ3n) is 7.60. The van der Waals surface area contributed by atoms with Gasteiger partial charge in [-0.2, -0.15) is 0 Å². The number of benzene rings is 1.